The Labute approximate surface area is 105 Å². The van der Waals surface area contributed by atoms with Crippen molar-refractivity contribution in [3.8, 4) is 6.07 Å². The van der Waals surface area contributed by atoms with Crippen molar-refractivity contribution in [2.24, 2.45) is 16.7 Å². The normalized spacial score (nSPS) is 39.8. The van der Waals surface area contributed by atoms with E-state index in [4.69, 9.17) is 0 Å². The molecule has 0 bridgehead atoms. The van der Waals surface area contributed by atoms with E-state index in [0.717, 1.165) is 44.9 Å². The molecule has 2 unspecified atom stereocenters. The number of hydrogen-bond acceptors (Lipinski definition) is 2. The first-order valence-corrected chi connectivity index (χ1v) is 6.96. The van der Waals surface area contributed by atoms with Crippen LogP contribution in [-0.4, -0.2) is 10.7 Å². The lowest BCUT2D eigenvalue weighted by Crippen LogP contribution is -2.53. The second-order valence-electron chi connectivity index (χ2n) is 7.29. The molecule has 2 heteroatoms. The first-order chi connectivity index (χ1) is 7.83. The maximum Gasteiger partial charge on any atom is 0.0860 e. The molecule has 2 atom stereocenters. The van der Waals surface area contributed by atoms with Crippen molar-refractivity contribution in [3.63, 3.8) is 0 Å². The Kier molecular flexibility index (Phi) is 3.02. The highest BCUT2D eigenvalue weighted by Crippen LogP contribution is 2.56. The number of aliphatic hydroxyl groups is 1. The largest absolute Gasteiger partial charge is 0.388 e. The van der Waals surface area contributed by atoms with Gasteiger partial charge in [0.1, 0.15) is 0 Å². The molecule has 2 saturated carbocycles. The van der Waals surface area contributed by atoms with Crippen molar-refractivity contribution in [1.82, 2.24) is 0 Å². The average molecular weight is 235 g/mol. The molecule has 96 valence electrons. The van der Waals surface area contributed by atoms with Crippen molar-refractivity contribution in [2.45, 2.75) is 71.3 Å². The summed E-state index contributed by atoms with van der Waals surface area (Å²) in [5, 5.41) is 20.7. The summed E-state index contributed by atoms with van der Waals surface area (Å²) in [5.41, 5.74) is -1.04. The molecular formula is C15H25NO. The van der Waals surface area contributed by atoms with Crippen LogP contribution in [0.25, 0.3) is 0 Å². The van der Waals surface area contributed by atoms with Crippen LogP contribution in [-0.2, 0) is 0 Å². The van der Waals surface area contributed by atoms with Crippen molar-refractivity contribution >= 4 is 0 Å². The summed E-state index contributed by atoms with van der Waals surface area (Å²) in [6.45, 7) is 6.67. The second-order valence-corrected chi connectivity index (χ2v) is 7.29. The van der Waals surface area contributed by atoms with E-state index in [2.05, 4.69) is 26.8 Å². The van der Waals surface area contributed by atoms with Gasteiger partial charge in [-0.25, -0.2) is 0 Å². The molecule has 0 aromatic heterocycles. The van der Waals surface area contributed by atoms with E-state index in [0.29, 0.717) is 5.92 Å². The summed E-state index contributed by atoms with van der Waals surface area (Å²) >= 11 is 0. The molecule has 0 radical (unpaired) electrons. The van der Waals surface area contributed by atoms with E-state index >= 15 is 0 Å². The molecule has 1 N–H and O–H groups in total. The van der Waals surface area contributed by atoms with E-state index in [1.165, 1.54) is 0 Å². The predicted molar refractivity (Wildman–Crippen MR) is 68.3 cm³/mol. The fraction of sp³-hybridized carbons (Fsp3) is 0.933. The molecular weight excluding hydrogens is 210 g/mol. The van der Waals surface area contributed by atoms with Crippen LogP contribution in [0, 0.1) is 28.1 Å². The molecule has 2 aliphatic carbocycles. The van der Waals surface area contributed by atoms with Gasteiger partial charge in [-0.3, -0.25) is 0 Å². The summed E-state index contributed by atoms with van der Waals surface area (Å²) < 4.78 is 0. The van der Waals surface area contributed by atoms with Gasteiger partial charge in [-0.2, -0.15) is 5.26 Å². The van der Waals surface area contributed by atoms with Crippen molar-refractivity contribution in [3.05, 3.63) is 0 Å². The fourth-order valence-corrected chi connectivity index (χ4v) is 4.55. The highest BCUT2D eigenvalue weighted by molar-refractivity contribution is 5.16. The first kappa shape index (κ1) is 12.9. The monoisotopic (exact) mass is 235 g/mol. The van der Waals surface area contributed by atoms with Crippen molar-refractivity contribution in [1.29, 1.82) is 5.26 Å². The molecule has 0 saturated heterocycles. The molecule has 17 heavy (non-hydrogen) atoms. The van der Waals surface area contributed by atoms with Gasteiger partial charge in [0.25, 0.3) is 0 Å². The third-order valence-corrected chi connectivity index (χ3v) is 4.92. The van der Waals surface area contributed by atoms with Crippen LogP contribution < -0.4 is 0 Å². The minimum absolute atomic E-state index is 0.166. The van der Waals surface area contributed by atoms with Crippen LogP contribution in [0.15, 0.2) is 0 Å². The van der Waals surface area contributed by atoms with E-state index < -0.39 is 11.0 Å². The number of rotatable bonds is 1. The molecule has 0 spiro atoms. The zero-order valence-corrected chi connectivity index (χ0v) is 11.4. The lowest BCUT2D eigenvalue weighted by atomic mass is 9.56. The maximum atomic E-state index is 11.1. The molecule has 0 heterocycles. The first-order valence-electron chi connectivity index (χ1n) is 6.96. The van der Waals surface area contributed by atoms with Gasteiger partial charge in [-0.15, -0.1) is 0 Å². The Morgan fingerprint density at radius 1 is 1.18 bits per heavy atom. The van der Waals surface area contributed by atoms with Crippen LogP contribution in [0.5, 0.6) is 0 Å². The standard InChI is InChI=1S/C15H25NO/c1-12-8-13(2,3)10-15(17,9-12)14(11-16)6-4-5-7-14/h12,17H,4-10H2,1-3H3. The Morgan fingerprint density at radius 3 is 2.24 bits per heavy atom. The van der Waals surface area contributed by atoms with Gasteiger partial charge in [0.05, 0.1) is 17.1 Å². The third kappa shape index (κ3) is 2.10. The van der Waals surface area contributed by atoms with Gasteiger partial charge in [0, 0.05) is 0 Å². The summed E-state index contributed by atoms with van der Waals surface area (Å²) in [6, 6.07) is 2.50. The minimum atomic E-state index is -0.751. The van der Waals surface area contributed by atoms with Crippen LogP contribution in [0.2, 0.25) is 0 Å². The summed E-state index contributed by atoms with van der Waals surface area (Å²) in [6.07, 6.45) is 6.75. The summed E-state index contributed by atoms with van der Waals surface area (Å²) in [7, 11) is 0. The zero-order chi connectivity index (χ0) is 12.7. The van der Waals surface area contributed by atoms with E-state index in [1.54, 1.807) is 0 Å². The maximum absolute atomic E-state index is 11.1. The molecule has 2 fully saturated rings. The third-order valence-electron chi connectivity index (χ3n) is 4.92. The van der Waals surface area contributed by atoms with Crippen molar-refractivity contribution in [2.75, 3.05) is 0 Å². The Bertz CT molecular complexity index is 335. The Morgan fingerprint density at radius 2 is 1.76 bits per heavy atom. The SMILES string of the molecule is CC1CC(C)(C)CC(O)(C2(C#N)CCCC2)C1. The van der Waals surface area contributed by atoms with Crippen molar-refractivity contribution < 1.29 is 5.11 Å². The van der Waals surface area contributed by atoms with E-state index in [-0.39, 0.29) is 5.41 Å². The van der Waals surface area contributed by atoms with Gasteiger partial charge in [-0.1, -0.05) is 33.6 Å². The second kappa shape index (κ2) is 3.99. The van der Waals surface area contributed by atoms with Crippen LogP contribution in [0.1, 0.15) is 65.7 Å². The van der Waals surface area contributed by atoms with Gasteiger partial charge in [0.2, 0.25) is 0 Å². The quantitative estimate of drug-likeness (QED) is 0.754. The molecule has 0 amide bonds. The smallest absolute Gasteiger partial charge is 0.0860 e. The average Bonchev–Trinajstić information content (AvgIpc) is 2.62. The van der Waals surface area contributed by atoms with Gasteiger partial charge in [-0.05, 0) is 43.4 Å². The number of nitrogens with zero attached hydrogens (tertiary/aromatic N) is 1. The summed E-state index contributed by atoms with van der Waals surface area (Å²) in [5.74, 6) is 0.523. The molecule has 0 aromatic rings. The Balaban J connectivity index is 2.31. The van der Waals surface area contributed by atoms with Gasteiger partial charge < -0.3 is 5.11 Å². The number of nitriles is 1. The zero-order valence-electron chi connectivity index (χ0n) is 11.4. The molecule has 0 aromatic carbocycles. The minimum Gasteiger partial charge on any atom is -0.388 e. The topological polar surface area (TPSA) is 44.0 Å². The summed E-state index contributed by atoms with van der Waals surface area (Å²) in [4.78, 5) is 0. The van der Waals surface area contributed by atoms with E-state index in [1.807, 2.05) is 0 Å². The Hall–Kier alpha value is -0.550. The van der Waals surface area contributed by atoms with Crippen LogP contribution in [0.3, 0.4) is 0 Å². The highest BCUT2D eigenvalue weighted by Gasteiger charge is 2.56. The lowest BCUT2D eigenvalue weighted by Gasteiger charge is -2.50. The predicted octanol–water partition coefficient (Wildman–Crippen LogP) is 3.65. The molecule has 2 nitrogen and oxygen atoms in total. The molecule has 2 rings (SSSR count). The molecule has 2 aliphatic rings. The van der Waals surface area contributed by atoms with Crippen LogP contribution >= 0.6 is 0 Å². The highest BCUT2D eigenvalue weighted by atomic mass is 16.3. The molecule has 0 aliphatic heterocycles. The van der Waals surface area contributed by atoms with Gasteiger partial charge in [0.15, 0.2) is 0 Å². The van der Waals surface area contributed by atoms with E-state index in [9.17, 15) is 10.4 Å². The lowest BCUT2D eigenvalue weighted by molar-refractivity contribution is -0.124. The van der Waals surface area contributed by atoms with Crippen LogP contribution in [0.4, 0.5) is 0 Å². The van der Waals surface area contributed by atoms with Gasteiger partial charge >= 0.3 is 0 Å². The number of hydrogen-bond donors (Lipinski definition) is 1. The fourth-order valence-electron chi connectivity index (χ4n) is 4.55.